The van der Waals surface area contributed by atoms with Crippen molar-refractivity contribution in [2.45, 2.75) is 6.92 Å². The lowest BCUT2D eigenvalue weighted by atomic mass is 10.1. The number of carbonyl (C=O) groups excluding carboxylic acids is 1. The molecule has 0 saturated heterocycles. The second kappa shape index (κ2) is 5.65. The predicted molar refractivity (Wildman–Crippen MR) is 68.0 cm³/mol. The highest BCUT2D eigenvalue weighted by Gasteiger charge is 2.14. The molecule has 0 amide bonds. The summed E-state index contributed by atoms with van der Waals surface area (Å²) in [6, 6.07) is 3.37. The fourth-order valence-electron chi connectivity index (χ4n) is 1.21. The fraction of sp³-hybridized carbons (Fsp3) is 0.273. The minimum Gasteiger partial charge on any atom is -0.465 e. The van der Waals surface area contributed by atoms with Crippen molar-refractivity contribution in [3.8, 4) is 0 Å². The second-order valence-electron chi connectivity index (χ2n) is 3.04. The first-order chi connectivity index (χ1) is 7.61. The van der Waals surface area contributed by atoms with Gasteiger partial charge < -0.3 is 10.5 Å². The minimum absolute atomic E-state index is 0.350. The van der Waals surface area contributed by atoms with Gasteiger partial charge in [-0.05, 0) is 19.1 Å². The van der Waals surface area contributed by atoms with E-state index in [1.165, 1.54) is 7.11 Å². The van der Waals surface area contributed by atoms with Crippen molar-refractivity contribution in [3.05, 3.63) is 27.7 Å². The number of nitrogens with two attached hydrogens (primary N) is 1. The van der Waals surface area contributed by atoms with Crippen molar-refractivity contribution >= 4 is 33.8 Å². The number of hydrogen-bond donors (Lipinski definition) is 1. The molecule has 0 aromatic heterocycles. The molecule has 0 saturated carbocycles. The molecule has 0 unspecified atom stereocenters. The minimum atomic E-state index is -0.448. The number of nitrogens with zero attached hydrogens (tertiary/aromatic N) is 1. The molecule has 0 radical (unpaired) electrons. The maximum absolute atomic E-state index is 11.4. The Labute approximate surface area is 103 Å². The molecule has 0 aliphatic heterocycles. The molecule has 0 heterocycles. The number of aliphatic imine (C=N–C) groups is 1. The van der Waals surface area contributed by atoms with Crippen LogP contribution < -0.4 is 5.73 Å². The largest absolute Gasteiger partial charge is 0.465 e. The molecule has 16 heavy (non-hydrogen) atoms. The number of ether oxygens (including phenoxy) is 1. The van der Waals surface area contributed by atoms with Crippen molar-refractivity contribution in [1.29, 1.82) is 0 Å². The van der Waals surface area contributed by atoms with E-state index in [0.717, 1.165) is 4.47 Å². The van der Waals surface area contributed by atoms with Gasteiger partial charge in [0.05, 0.1) is 18.4 Å². The molecule has 0 spiro atoms. The summed E-state index contributed by atoms with van der Waals surface area (Å²) in [5.41, 5.74) is 7.30. The van der Waals surface area contributed by atoms with E-state index in [2.05, 4.69) is 25.7 Å². The van der Waals surface area contributed by atoms with Crippen LogP contribution in [0.2, 0.25) is 0 Å². The van der Waals surface area contributed by atoms with Crippen molar-refractivity contribution in [3.63, 3.8) is 0 Å². The molecule has 0 fully saturated rings. The van der Waals surface area contributed by atoms with Gasteiger partial charge in [-0.15, -0.1) is 0 Å². The number of rotatable bonds is 3. The summed E-state index contributed by atoms with van der Waals surface area (Å²) in [5.74, 6) is -0.448. The normalized spacial score (nSPS) is 10.7. The Morgan fingerprint density at radius 2 is 2.31 bits per heavy atom. The first kappa shape index (κ1) is 12.7. The summed E-state index contributed by atoms with van der Waals surface area (Å²) < 4.78 is 5.44. The van der Waals surface area contributed by atoms with Crippen molar-refractivity contribution in [2.75, 3.05) is 19.4 Å². The zero-order valence-corrected chi connectivity index (χ0v) is 10.7. The van der Waals surface area contributed by atoms with Crippen LogP contribution in [0.5, 0.6) is 0 Å². The standard InChI is InChI=1S/C11H13BrN2O2/c1-3-14-6-8-9(12)5-4-7(10(8)13)11(15)16-2/h4-6H,3,13H2,1-2H3. The molecule has 1 rings (SSSR count). The van der Waals surface area contributed by atoms with E-state index in [4.69, 9.17) is 5.73 Å². The summed E-state index contributed by atoms with van der Waals surface area (Å²) in [4.78, 5) is 15.5. The molecular formula is C11H13BrN2O2. The van der Waals surface area contributed by atoms with Gasteiger partial charge in [-0.25, -0.2) is 4.79 Å². The van der Waals surface area contributed by atoms with E-state index in [-0.39, 0.29) is 0 Å². The van der Waals surface area contributed by atoms with E-state index in [0.29, 0.717) is 23.4 Å². The Balaban J connectivity index is 3.26. The number of nitrogen functional groups attached to an aromatic ring is 1. The Bertz CT molecular complexity index is 430. The number of benzene rings is 1. The first-order valence-corrected chi connectivity index (χ1v) is 5.57. The molecule has 4 nitrogen and oxygen atoms in total. The van der Waals surface area contributed by atoms with Crippen molar-refractivity contribution in [2.24, 2.45) is 4.99 Å². The number of anilines is 1. The number of esters is 1. The molecule has 0 aliphatic carbocycles. The van der Waals surface area contributed by atoms with E-state index in [1.807, 2.05) is 6.92 Å². The van der Waals surface area contributed by atoms with Gasteiger partial charge in [-0.1, -0.05) is 15.9 Å². The lowest BCUT2D eigenvalue weighted by Gasteiger charge is -2.08. The van der Waals surface area contributed by atoms with Gasteiger partial charge in [0, 0.05) is 22.8 Å². The lowest BCUT2D eigenvalue weighted by Crippen LogP contribution is -2.08. The zero-order chi connectivity index (χ0) is 12.1. The Hall–Kier alpha value is -1.36. The van der Waals surface area contributed by atoms with Crippen molar-refractivity contribution < 1.29 is 9.53 Å². The highest BCUT2D eigenvalue weighted by atomic mass is 79.9. The van der Waals surface area contributed by atoms with Crippen LogP contribution in [0.4, 0.5) is 5.69 Å². The average molecular weight is 285 g/mol. The van der Waals surface area contributed by atoms with Crippen LogP contribution in [0.15, 0.2) is 21.6 Å². The number of halogens is 1. The monoisotopic (exact) mass is 284 g/mol. The summed E-state index contributed by atoms with van der Waals surface area (Å²) in [5, 5.41) is 0. The number of hydrogen-bond acceptors (Lipinski definition) is 4. The maximum atomic E-state index is 11.4. The highest BCUT2D eigenvalue weighted by molar-refractivity contribution is 9.10. The molecule has 5 heteroatoms. The lowest BCUT2D eigenvalue weighted by molar-refractivity contribution is 0.0602. The average Bonchev–Trinajstić information content (AvgIpc) is 2.28. The Morgan fingerprint density at radius 1 is 1.62 bits per heavy atom. The Kier molecular flexibility index (Phi) is 4.49. The third-order valence-electron chi connectivity index (χ3n) is 2.04. The van der Waals surface area contributed by atoms with Gasteiger partial charge in [0.1, 0.15) is 0 Å². The van der Waals surface area contributed by atoms with Gasteiger partial charge in [0.2, 0.25) is 0 Å². The van der Waals surface area contributed by atoms with E-state index >= 15 is 0 Å². The molecule has 2 N–H and O–H groups in total. The smallest absolute Gasteiger partial charge is 0.339 e. The van der Waals surface area contributed by atoms with Gasteiger partial charge in [0.25, 0.3) is 0 Å². The van der Waals surface area contributed by atoms with E-state index in [9.17, 15) is 4.79 Å². The molecule has 0 aliphatic rings. The summed E-state index contributed by atoms with van der Waals surface area (Å²) in [6.45, 7) is 2.58. The van der Waals surface area contributed by atoms with Gasteiger partial charge in [-0.3, -0.25) is 4.99 Å². The maximum Gasteiger partial charge on any atom is 0.339 e. The molecule has 1 aromatic carbocycles. The SMILES string of the molecule is CCN=Cc1c(Br)ccc(C(=O)OC)c1N. The van der Waals surface area contributed by atoms with E-state index in [1.54, 1.807) is 18.3 Å². The van der Waals surface area contributed by atoms with Crippen LogP contribution in [0, 0.1) is 0 Å². The number of methoxy groups -OCH3 is 1. The molecular weight excluding hydrogens is 272 g/mol. The van der Waals surface area contributed by atoms with Crippen LogP contribution in [0.3, 0.4) is 0 Å². The molecule has 86 valence electrons. The topological polar surface area (TPSA) is 64.7 Å². The molecule has 1 aromatic rings. The van der Waals surface area contributed by atoms with Gasteiger partial charge in [-0.2, -0.15) is 0 Å². The van der Waals surface area contributed by atoms with Crippen LogP contribution >= 0.6 is 15.9 Å². The van der Waals surface area contributed by atoms with Crippen LogP contribution in [0.25, 0.3) is 0 Å². The fourth-order valence-corrected chi connectivity index (χ4v) is 1.66. The Morgan fingerprint density at radius 3 is 2.88 bits per heavy atom. The first-order valence-electron chi connectivity index (χ1n) is 4.78. The van der Waals surface area contributed by atoms with Crippen LogP contribution in [-0.2, 0) is 4.74 Å². The van der Waals surface area contributed by atoms with Crippen molar-refractivity contribution in [1.82, 2.24) is 0 Å². The van der Waals surface area contributed by atoms with Crippen LogP contribution in [-0.4, -0.2) is 25.8 Å². The molecule has 0 bridgehead atoms. The zero-order valence-electron chi connectivity index (χ0n) is 9.16. The summed E-state index contributed by atoms with van der Waals surface area (Å²) >= 11 is 3.36. The van der Waals surface area contributed by atoms with E-state index < -0.39 is 5.97 Å². The highest BCUT2D eigenvalue weighted by Crippen LogP contribution is 2.25. The van der Waals surface area contributed by atoms with Gasteiger partial charge >= 0.3 is 5.97 Å². The third kappa shape index (κ3) is 2.61. The van der Waals surface area contributed by atoms with Gasteiger partial charge in [0.15, 0.2) is 0 Å². The van der Waals surface area contributed by atoms with Crippen LogP contribution in [0.1, 0.15) is 22.8 Å². The number of carbonyl (C=O) groups is 1. The predicted octanol–water partition coefficient (Wildman–Crippen LogP) is 2.26. The quantitative estimate of drug-likeness (QED) is 0.526. The third-order valence-corrected chi connectivity index (χ3v) is 2.73. The second-order valence-corrected chi connectivity index (χ2v) is 3.90. The molecule has 0 atom stereocenters. The summed E-state index contributed by atoms with van der Waals surface area (Å²) in [7, 11) is 1.32. The summed E-state index contributed by atoms with van der Waals surface area (Å²) in [6.07, 6.45) is 1.64.